The molecule has 0 aliphatic carbocycles. The van der Waals surface area contributed by atoms with Gasteiger partial charge in [-0.25, -0.2) is 0 Å². The second-order valence-electron chi connectivity index (χ2n) is 4.48. The highest BCUT2D eigenvalue weighted by Crippen LogP contribution is 2.30. The van der Waals surface area contributed by atoms with E-state index in [1.165, 1.54) is 32.1 Å². The molecule has 1 aromatic rings. The van der Waals surface area contributed by atoms with E-state index in [9.17, 15) is 0 Å². The molecule has 0 N–H and O–H groups in total. The van der Waals surface area contributed by atoms with E-state index in [-0.39, 0.29) is 5.41 Å². The fraction of sp³-hybridized carbons (Fsp3) is 0.833. The molecule has 0 amide bonds. The molecule has 0 radical (unpaired) electrons. The summed E-state index contributed by atoms with van der Waals surface area (Å²) in [7, 11) is 0. The fourth-order valence-corrected chi connectivity index (χ4v) is 1.83. The summed E-state index contributed by atoms with van der Waals surface area (Å²) in [6, 6.07) is 0. The molecular formula is C12H22N2O. The third kappa shape index (κ3) is 3.33. The van der Waals surface area contributed by atoms with Crippen molar-refractivity contribution < 1.29 is 4.52 Å². The summed E-state index contributed by atoms with van der Waals surface area (Å²) in [5.41, 5.74) is 0.0980. The summed E-state index contributed by atoms with van der Waals surface area (Å²) < 4.78 is 4.83. The Balaban J connectivity index is 2.46. The van der Waals surface area contributed by atoms with Gasteiger partial charge in [-0.05, 0) is 12.8 Å². The van der Waals surface area contributed by atoms with Crippen molar-refractivity contribution in [3.8, 4) is 0 Å². The Morgan fingerprint density at radius 1 is 1.27 bits per heavy atom. The lowest BCUT2D eigenvalue weighted by Crippen LogP contribution is -2.22. The van der Waals surface area contributed by atoms with Crippen LogP contribution in [0.5, 0.6) is 0 Å². The van der Waals surface area contributed by atoms with Crippen molar-refractivity contribution in [2.24, 2.45) is 0 Å². The molecule has 15 heavy (non-hydrogen) atoms. The first-order valence-corrected chi connectivity index (χ1v) is 6.00. The molecule has 0 spiro atoms. The number of nitrogens with zero attached hydrogens (tertiary/aromatic N) is 2. The number of hydrogen-bond acceptors (Lipinski definition) is 3. The third-order valence-electron chi connectivity index (χ3n) is 3.26. The van der Waals surface area contributed by atoms with E-state index < -0.39 is 0 Å². The van der Waals surface area contributed by atoms with Crippen LogP contribution < -0.4 is 0 Å². The van der Waals surface area contributed by atoms with Crippen molar-refractivity contribution in [2.75, 3.05) is 0 Å². The second-order valence-corrected chi connectivity index (χ2v) is 4.48. The van der Waals surface area contributed by atoms with Gasteiger partial charge in [-0.1, -0.05) is 51.6 Å². The quantitative estimate of drug-likeness (QED) is 0.644. The molecule has 0 fully saturated rings. The Labute approximate surface area is 92.3 Å². The summed E-state index contributed by atoms with van der Waals surface area (Å²) in [5, 5.41) is 3.97. The predicted molar refractivity (Wildman–Crippen MR) is 60.7 cm³/mol. The molecule has 3 nitrogen and oxygen atoms in total. The molecule has 1 atom stereocenters. The van der Waals surface area contributed by atoms with Crippen molar-refractivity contribution in [3.05, 3.63) is 12.2 Å². The van der Waals surface area contributed by atoms with Crippen molar-refractivity contribution in [1.82, 2.24) is 10.1 Å². The van der Waals surface area contributed by atoms with Crippen LogP contribution in [0.1, 0.15) is 65.1 Å². The minimum Gasteiger partial charge on any atom is -0.343 e. The molecule has 1 unspecified atom stereocenters. The molecule has 3 heteroatoms. The lowest BCUT2D eigenvalue weighted by Gasteiger charge is -2.24. The number of aromatic nitrogens is 2. The van der Waals surface area contributed by atoms with Crippen LogP contribution in [0.25, 0.3) is 0 Å². The van der Waals surface area contributed by atoms with Crippen molar-refractivity contribution in [3.63, 3.8) is 0 Å². The molecule has 1 aromatic heterocycles. The molecule has 86 valence electrons. The van der Waals surface area contributed by atoms with Gasteiger partial charge in [0, 0.05) is 5.41 Å². The highest BCUT2D eigenvalue weighted by molar-refractivity contribution is 5.01. The van der Waals surface area contributed by atoms with Gasteiger partial charge < -0.3 is 4.52 Å². The zero-order valence-corrected chi connectivity index (χ0v) is 10.1. The molecule has 0 aliphatic heterocycles. The van der Waals surface area contributed by atoms with Crippen LogP contribution in [0, 0.1) is 0 Å². The van der Waals surface area contributed by atoms with Gasteiger partial charge in [0.05, 0.1) is 0 Å². The highest BCUT2D eigenvalue weighted by atomic mass is 16.5. The largest absolute Gasteiger partial charge is 0.343 e. The van der Waals surface area contributed by atoms with Gasteiger partial charge in [0.15, 0.2) is 5.82 Å². The van der Waals surface area contributed by atoms with E-state index in [2.05, 4.69) is 30.9 Å². The van der Waals surface area contributed by atoms with E-state index in [4.69, 9.17) is 4.52 Å². The van der Waals surface area contributed by atoms with Gasteiger partial charge in [-0.15, -0.1) is 0 Å². The van der Waals surface area contributed by atoms with Gasteiger partial charge in [0.25, 0.3) is 0 Å². The topological polar surface area (TPSA) is 38.9 Å². The van der Waals surface area contributed by atoms with Crippen LogP contribution in [0.4, 0.5) is 0 Å². The highest BCUT2D eigenvalue weighted by Gasteiger charge is 2.28. The summed E-state index contributed by atoms with van der Waals surface area (Å²) in [5.74, 6) is 0.862. The molecule has 0 saturated heterocycles. The van der Waals surface area contributed by atoms with Crippen LogP contribution in [-0.2, 0) is 5.41 Å². The Bertz CT molecular complexity index is 259. The monoisotopic (exact) mass is 210 g/mol. The fourth-order valence-electron chi connectivity index (χ4n) is 1.83. The van der Waals surface area contributed by atoms with Gasteiger partial charge in [-0.2, -0.15) is 4.98 Å². The first-order valence-electron chi connectivity index (χ1n) is 6.00. The maximum Gasteiger partial charge on any atom is 0.213 e. The number of hydrogen-bond donors (Lipinski definition) is 0. The van der Waals surface area contributed by atoms with Crippen molar-refractivity contribution in [1.29, 1.82) is 0 Å². The summed E-state index contributed by atoms with van der Waals surface area (Å²) >= 11 is 0. The van der Waals surface area contributed by atoms with Crippen LogP contribution in [-0.4, -0.2) is 10.1 Å². The molecule has 0 aliphatic rings. The van der Waals surface area contributed by atoms with Gasteiger partial charge in [-0.3, -0.25) is 0 Å². The SMILES string of the molecule is CCCCCCC(C)(CC)c1ncon1. The average molecular weight is 210 g/mol. The first-order chi connectivity index (χ1) is 7.23. The molecular weight excluding hydrogens is 188 g/mol. The lowest BCUT2D eigenvalue weighted by atomic mass is 9.81. The minimum absolute atomic E-state index is 0.0980. The van der Waals surface area contributed by atoms with Crippen LogP contribution in [0.15, 0.2) is 10.9 Å². The van der Waals surface area contributed by atoms with Crippen molar-refractivity contribution in [2.45, 2.75) is 64.7 Å². The van der Waals surface area contributed by atoms with Gasteiger partial charge >= 0.3 is 0 Å². The molecule has 0 saturated carbocycles. The standard InChI is InChI=1S/C12H22N2O/c1-4-6-7-8-9-12(3,5-2)11-13-10-15-14-11/h10H,4-9H2,1-3H3. The van der Waals surface area contributed by atoms with Gasteiger partial charge in [0.1, 0.15) is 0 Å². The first kappa shape index (κ1) is 12.2. The van der Waals surface area contributed by atoms with E-state index >= 15 is 0 Å². The third-order valence-corrected chi connectivity index (χ3v) is 3.26. The number of rotatable bonds is 7. The predicted octanol–water partition coefficient (Wildman–Crippen LogP) is 3.71. The van der Waals surface area contributed by atoms with Gasteiger partial charge in [0.2, 0.25) is 6.39 Å². The Kier molecular flexibility index (Phi) is 4.79. The summed E-state index contributed by atoms with van der Waals surface area (Å²) in [4.78, 5) is 4.18. The maximum atomic E-state index is 4.83. The molecule has 0 bridgehead atoms. The smallest absolute Gasteiger partial charge is 0.213 e. The maximum absolute atomic E-state index is 4.83. The average Bonchev–Trinajstić information content (AvgIpc) is 2.78. The Hall–Kier alpha value is -0.860. The molecule has 1 heterocycles. The summed E-state index contributed by atoms with van der Waals surface area (Å²) in [6.45, 7) is 6.65. The lowest BCUT2D eigenvalue weighted by molar-refractivity contribution is 0.342. The molecule has 0 aromatic carbocycles. The van der Waals surface area contributed by atoms with E-state index in [1.807, 2.05) is 0 Å². The van der Waals surface area contributed by atoms with Crippen LogP contribution in [0.3, 0.4) is 0 Å². The zero-order chi connectivity index (χ0) is 11.1. The van der Waals surface area contributed by atoms with E-state index in [0.29, 0.717) is 0 Å². The normalized spacial score (nSPS) is 15.1. The number of unbranched alkanes of at least 4 members (excludes halogenated alkanes) is 3. The molecule has 1 rings (SSSR count). The van der Waals surface area contributed by atoms with Crippen LogP contribution in [0.2, 0.25) is 0 Å². The zero-order valence-electron chi connectivity index (χ0n) is 10.1. The van der Waals surface area contributed by atoms with Crippen molar-refractivity contribution >= 4 is 0 Å². The Morgan fingerprint density at radius 2 is 2.07 bits per heavy atom. The summed E-state index contributed by atoms with van der Waals surface area (Å²) in [6.07, 6.45) is 8.82. The Morgan fingerprint density at radius 3 is 2.60 bits per heavy atom. The van der Waals surface area contributed by atoms with E-state index in [1.54, 1.807) is 0 Å². The minimum atomic E-state index is 0.0980. The second kappa shape index (κ2) is 5.89. The van der Waals surface area contributed by atoms with E-state index in [0.717, 1.165) is 18.7 Å². The van der Waals surface area contributed by atoms with Crippen LogP contribution >= 0.6 is 0 Å².